The van der Waals surface area contributed by atoms with E-state index < -0.39 is 0 Å². The Morgan fingerprint density at radius 3 is 2.82 bits per heavy atom. The van der Waals surface area contributed by atoms with Crippen LogP contribution in [0.25, 0.3) is 0 Å². The van der Waals surface area contributed by atoms with Gasteiger partial charge >= 0.3 is 0 Å². The third-order valence-corrected chi connectivity index (χ3v) is 3.24. The molecule has 0 radical (unpaired) electrons. The lowest BCUT2D eigenvalue weighted by atomic mass is 10.0. The molecule has 1 aliphatic heterocycles. The van der Waals surface area contributed by atoms with Crippen LogP contribution in [0.3, 0.4) is 0 Å². The summed E-state index contributed by atoms with van der Waals surface area (Å²) in [6.45, 7) is 3.86. The highest BCUT2D eigenvalue weighted by Gasteiger charge is 2.22. The van der Waals surface area contributed by atoms with Crippen LogP contribution in [0.4, 0.5) is 0 Å². The van der Waals surface area contributed by atoms with E-state index >= 15 is 0 Å². The van der Waals surface area contributed by atoms with Crippen LogP contribution in [0.15, 0.2) is 24.3 Å². The summed E-state index contributed by atoms with van der Waals surface area (Å²) in [5.41, 5.74) is 1.27. The minimum Gasteiger partial charge on any atom is -0.497 e. The average molecular weight is 236 g/mol. The molecule has 1 fully saturated rings. The number of hydrogen-bond acceptors (Lipinski definition) is 4. The van der Waals surface area contributed by atoms with Gasteiger partial charge in [0, 0.05) is 32.2 Å². The third kappa shape index (κ3) is 2.97. The molecule has 1 unspecified atom stereocenters. The van der Waals surface area contributed by atoms with Crippen molar-refractivity contribution in [2.24, 2.45) is 0 Å². The van der Waals surface area contributed by atoms with Crippen molar-refractivity contribution in [3.63, 3.8) is 0 Å². The number of aliphatic hydroxyl groups excluding tert-OH is 1. The summed E-state index contributed by atoms with van der Waals surface area (Å²) in [6, 6.07) is 8.52. The number of nitrogens with one attached hydrogen (secondary N) is 1. The lowest BCUT2D eigenvalue weighted by Gasteiger charge is -2.36. The molecule has 2 N–H and O–H groups in total. The van der Waals surface area contributed by atoms with Gasteiger partial charge in [0.15, 0.2) is 0 Å². The molecular weight excluding hydrogens is 216 g/mol. The SMILES string of the molecule is COc1ccc(C2CNCCN2CCO)cc1. The van der Waals surface area contributed by atoms with Crippen LogP contribution in [0.5, 0.6) is 5.75 Å². The Hall–Kier alpha value is -1.10. The van der Waals surface area contributed by atoms with Gasteiger partial charge < -0.3 is 15.2 Å². The third-order valence-electron chi connectivity index (χ3n) is 3.24. The number of ether oxygens (including phenoxy) is 1. The number of hydrogen-bond donors (Lipinski definition) is 2. The molecule has 4 nitrogen and oxygen atoms in total. The number of benzene rings is 1. The standard InChI is InChI=1S/C13H20N2O2/c1-17-12-4-2-11(3-5-12)13-10-14-6-7-15(13)8-9-16/h2-5,13-14,16H,6-10H2,1H3. The van der Waals surface area contributed by atoms with Crippen LogP contribution in [-0.2, 0) is 0 Å². The summed E-state index contributed by atoms with van der Waals surface area (Å²) in [5, 5.41) is 12.5. The van der Waals surface area contributed by atoms with Crippen LogP contribution in [0.1, 0.15) is 11.6 Å². The van der Waals surface area contributed by atoms with E-state index in [-0.39, 0.29) is 6.61 Å². The molecule has 1 aromatic rings. The van der Waals surface area contributed by atoms with Crippen LogP contribution < -0.4 is 10.1 Å². The molecule has 1 aromatic carbocycles. The van der Waals surface area contributed by atoms with E-state index in [1.165, 1.54) is 5.56 Å². The first-order chi connectivity index (χ1) is 8.35. The number of methoxy groups -OCH3 is 1. The zero-order valence-electron chi connectivity index (χ0n) is 10.2. The monoisotopic (exact) mass is 236 g/mol. The van der Waals surface area contributed by atoms with Crippen molar-refractivity contribution in [1.29, 1.82) is 0 Å². The number of aliphatic hydroxyl groups is 1. The fourth-order valence-electron chi connectivity index (χ4n) is 2.30. The van der Waals surface area contributed by atoms with Crippen LogP contribution >= 0.6 is 0 Å². The molecule has 0 spiro atoms. The van der Waals surface area contributed by atoms with Crippen molar-refractivity contribution in [2.75, 3.05) is 39.9 Å². The molecule has 0 saturated carbocycles. The first-order valence-electron chi connectivity index (χ1n) is 6.04. The summed E-state index contributed by atoms with van der Waals surface area (Å²) in [7, 11) is 1.68. The number of rotatable bonds is 4. The fourth-order valence-corrected chi connectivity index (χ4v) is 2.30. The Labute approximate surface area is 102 Å². The second-order valence-corrected chi connectivity index (χ2v) is 4.25. The normalized spacial score (nSPS) is 21.4. The van der Waals surface area contributed by atoms with Crippen LogP contribution in [-0.4, -0.2) is 49.9 Å². The summed E-state index contributed by atoms with van der Waals surface area (Å²) in [6.07, 6.45) is 0. The van der Waals surface area contributed by atoms with Crippen molar-refractivity contribution in [1.82, 2.24) is 10.2 Å². The highest BCUT2D eigenvalue weighted by atomic mass is 16.5. The molecule has 1 atom stereocenters. The molecule has 0 aliphatic carbocycles. The van der Waals surface area contributed by atoms with Gasteiger partial charge in [-0.1, -0.05) is 12.1 Å². The summed E-state index contributed by atoms with van der Waals surface area (Å²) >= 11 is 0. The van der Waals surface area contributed by atoms with Crippen molar-refractivity contribution >= 4 is 0 Å². The lowest BCUT2D eigenvalue weighted by molar-refractivity contribution is 0.127. The molecule has 1 saturated heterocycles. The van der Waals surface area contributed by atoms with Crippen molar-refractivity contribution in [3.05, 3.63) is 29.8 Å². The Balaban J connectivity index is 2.11. The van der Waals surface area contributed by atoms with E-state index in [0.29, 0.717) is 6.04 Å². The van der Waals surface area contributed by atoms with E-state index in [4.69, 9.17) is 9.84 Å². The predicted octanol–water partition coefficient (Wildman–Crippen LogP) is 0.634. The van der Waals surface area contributed by atoms with Gasteiger partial charge in [-0.3, -0.25) is 4.90 Å². The molecule has 4 heteroatoms. The highest BCUT2D eigenvalue weighted by Crippen LogP contribution is 2.23. The zero-order chi connectivity index (χ0) is 12.1. The maximum atomic E-state index is 9.08. The number of piperazine rings is 1. The molecule has 0 bridgehead atoms. The first-order valence-corrected chi connectivity index (χ1v) is 6.04. The van der Waals surface area contributed by atoms with E-state index in [1.807, 2.05) is 12.1 Å². The summed E-state index contributed by atoms with van der Waals surface area (Å²) in [4.78, 5) is 2.32. The van der Waals surface area contributed by atoms with Gasteiger partial charge in [-0.25, -0.2) is 0 Å². The predicted molar refractivity (Wildman–Crippen MR) is 67.3 cm³/mol. The van der Waals surface area contributed by atoms with Crippen molar-refractivity contribution < 1.29 is 9.84 Å². The minimum atomic E-state index is 0.215. The van der Waals surface area contributed by atoms with E-state index in [2.05, 4.69) is 22.3 Å². The maximum Gasteiger partial charge on any atom is 0.118 e. The quantitative estimate of drug-likeness (QED) is 0.805. The summed E-state index contributed by atoms with van der Waals surface area (Å²) < 4.78 is 5.16. The van der Waals surface area contributed by atoms with Crippen LogP contribution in [0.2, 0.25) is 0 Å². The number of nitrogens with zero attached hydrogens (tertiary/aromatic N) is 1. The second-order valence-electron chi connectivity index (χ2n) is 4.25. The minimum absolute atomic E-state index is 0.215. The van der Waals surface area contributed by atoms with Gasteiger partial charge in [0.05, 0.1) is 13.7 Å². The highest BCUT2D eigenvalue weighted by molar-refractivity contribution is 5.29. The molecule has 2 rings (SSSR count). The van der Waals surface area contributed by atoms with Crippen LogP contribution in [0, 0.1) is 0 Å². The molecule has 94 valence electrons. The van der Waals surface area contributed by atoms with Gasteiger partial charge in [0.2, 0.25) is 0 Å². The van der Waals surface area contributed by atoms with Gasteiger partial charge in [0.25, 0.3) is 0 Å². The van der Waals surface area contributed by atoms with Gasteiger partial charge in [-0.2, -0.15) is 0 Å². The largest absolute Gasteiger partial charge is 0.497 e. The first kappa shape index (κ1) is 12.4. The van der Waals surface area contributed by atoms with Gasteiger partial charge in [0.1, 0.15) is 5.75 Å². The second kappa shape index (κ2) is 6.00. The van der Waals surface area contributed by atoms with E-state index in [9.17, 15) is 0 Å². The van der Waals surface area contributed by atoms with Crippen molar-refractivity contribution in [3.8, 4) is 5.75 Å². The molecule has 17 heavy (non-hydrogen) atoms. The van der Waals surface area contributed by atoms with Gasteiger partial charge in [-0.15, -0.1) is 0 Å². The molecule has 1 aliphatic rings. The Kier molecular flexibility index (Phi) is 4.36. The fraction of sp³-hybridized carbons (Fsp3) is 0.538. The Bertz CT molecular complexity index is 338. The average Bonchev–Trinajstić information content (AvgIpc) is 2.40. The number of β-amino-alcohol motifs (C(OH)–C–C–N with tert-alkyl or cyclic N) is 1. The topological polar surface area (TPSA) is 44.7 Å². The molecule has 0 amide bonds. The maximum absolute atomic E-state index is 9.08. The zero-order valence-corrected chi connectivity index (χ0v) is 10.2. The van der Waals surface area contributed by atoms with E-state index in [0.717, 1.165) is 31.9 Å². The Morgan fingerprint density at radius 1 is 1.41 bits per heavy atom. The Morgan fingerprint density at radius 2 is 2.18 bits per heavy atom. The molecule has 1 heterocycles. The molecule has 0 aromatic heterocycles. The van der Waals surface area contributed by atoms with E-state index in [1.54, 1.807) is 7.11 Å². The molecular formula is C13H20N2O2. The lowest BCUT2D eigenvalue weighted by Crippen LogP contribution is -2.46. The summed E-state index contributed by atoms with van der Waals surface area (Å²) in [5.74, 6) is 0.881. The smallest absolute Gasteiger partial charge is 0.118 e. The van der Waals surface area contributed by atoms with Crippen molar-refractivity contribution in [2.45, 2.75) is 6.04 Å². The van der Waals surface area contributed by atoms with Gasteiger partial charge in [-0.05, 0) is 17.7 Å².